The molecular formula is C25H24FN3O. The highest BCUT2D eigenvalue weighted by molar-refractivity contribution is 5.94. The molecule has 3 aromatic carbocycles. The Morgan fingerprint density at radius 2 is 1.77 bits per heavy atom. The van der Waals surface area contributed by atoms with Crippen LogP contribution in [-0.4, -0.2) is 26.9 Å². The third-order valence-corrected chi connectivity index (χ3v) is 5.12. The highest BCUT2D eigenvalue weighted by Gasteiger charge is 2.20. The van der Waals surface area contributed by atoms with E-state index in [1.54, 1.807) is 17.0 Å². The van der Waals surface area contributed by atoms with Crippen molar-refractivity contribution in [1.29, 1.82) is 0 Å². The number of amides is 1. The maximum Gasteiger partial charge on any atom is 0.254 e. The molecule has 0 spiro atoms. The minimum atomic E-state index is -0.409. The minimum Gasteiger partial charge on any atom is -0.331 e. The van der Waals surface area contributed by atoms with E-state index in [1.807, 2.05) is 54.6 Å². The van der Waals surface area contributed by atoms with Crippen LogP contribution in [0.25, 0.3) is 16.7 Å². The third-order valence-electron chi connectivity index (χ3n) is 5.12. The van der Waals surface area contributed by atoms with Gasteiger partial charge in [0.15, 0.2) is 0 Å². The second kappa shape index (κ2) is 8.91. The Morgan fingerprint density at radius 3 is 2.53 bits per heavy atom. The molecule has 4 rings (SSSR count). The summed E-state index contributed by atoms with van der Waals surface area (Å²) in [7, 11) is 0. The molecule has 0 saturated heterocycles. The Labute approximate surface area is 175 Å². The van der Waals surface area contributed by atoms with E-state index in [4.69, 9.17) is 4.98 Å². The van der Waals surface area contributed by atoms with Crippen LogP contribution in [0.15, 0.2) is 78.9 Å². The fourth-order valence-corrected chi connectivity index (χ4v) is 3.62. The monoisotopic (exact) mass is 401 g/mol. The number of carbonyl (C=O) groups is 1. The van der Waals surface area contributed by atoms with Crippen LogP contribution in [0.3, 0.4) is 0 Å². The topological polar surface area (TPSA) is 38.1 Å². The van der Waals surface area contributed by atoms with E-state index >= 15 is 0 Å². The molecule has 0 N–H and O–H groups in total. The van der Waals surface area contributed by atoms with Gasteiger partial charge in [-0.3, -0.25) is 9.36 Å². The first-order valence-electron chi connectivity index (χ1n) is 10.2. The number of carbonyl (C=O) groups excluding carboxylic acids is 1. The number of benzene rings is 3. The summed E-state index contributed by atoms with van der Waals surface area (Å²) < 4.78 is 15.8. The average Bonchev–Trinajstić information content (AvgIpc) is 3.14. The van der Waals surface area contributed by atoms with Gasteiger partial charge in [-0.1, -0.05) is 49.7 Å². The summed E-state index contributed by atoms with van der Waals surface area (Å²) in [5.74, 6) is 0.186. The molecule has 0 bridgehead atoms. The number of para-hydroxylation sites is 3. The predicted molar refractivity (Wildman–Crippen MR) is 117 cm³/mol. The summed E-state index contributed by atoms with van der Waals surface area (Å²) in [5.41, 5.74) is 3.22. The van der Waals surface area contributed by atoms with Crippen LogP contribution >= 0.6 is 0 Å². The van der Waals surface area contributed by atoms with E-state index in [0.717, 1.165) is 35.4 Å². The van der Waals surface area contributed by atoms with Crippen molar-refractivity contribution < 1.29 is 9.18 Å². The molecule has 0 fully saturated rings. The van der Waals surface area contributed by atoms with Gasteiger partial charge in [-0.05, 0) is 48.9 Å². The van der Waals surface area contributed by atoms with E-state index in [0.29, 0.717) is 18.7 Å². The Hall–Kier alpha value is -3.47. The normalized spacial score (nSPS) is 11.0. The molecule has 0 radical (unpaired) electrons. The fourth-order valence-electron chi connectivity index (χ4n) is 3.62. The fraction of sp³-hybridized carbons (Fsp3) is 0.200. The van der Waals surface area contributed by atoms with Crippen LogP contribution in [-0.2, 0) is 6.54 Å². The number of imidazole rings is 1. The summed E-state index contributed by atoms with van der Waals surface area (Å²) >= 11 is 0. The van der Waals surface area contributed by atoms with Crippen molar-refractivity contribution in [2.24, 2.45) is 0 Å². The molecule has 0 aliphatic carbocycles. The molecule has 30 heavy (non-hydrogen) atoms. The van der Waals surface area contributed by atoms with Gasteiger partial charge >= 0.3 is 0 Å². The van der Waals surface area contributed by atoms with Gasteiger partial charge in [-0.25, -0.2) is 9.37 Å². The van der Waals surface area contributed by atoms with E-state index < -0.39 is 5.82 Å². The van der Waals surface area contributed by atoms with Crippen LogP contribution in [0.4, 0.5) is 4.39 Å². The smallest absolute Gasteiger partial charge is 0.254 e. The second-order valence-electron chi connectivity index (χ2n) is 7.28. The van der Waals surface area contributed by atoms with Crippen molar-refractivity contribution in [3.05, 3.63) is 96.1 Å². The molecule has 1 amide bonds. The van der Waals surface area contributed by atoms with Gasteiger partial charge in [0.05, 0.1) is 17.6 Å². The van der Waals surface area contributed by atoms with Crippen molar-refractivity contribution in [1.82, 2.24) is 14.5 Å². The first-order chi connectivity index (χ1) is 14.7. The number of rotatable bonds is 7. The molecule has 1 heterocycles. The lowest BCUT2D eigenvalue weighted by molar-refractivity contribution is 0.0735. The molecule has 4 aromatic rings. The van der Waals surface area contributed by atoms with Crippen LogP contribution in [0, 0.1) is 5.82 Å². The molecular weight excluding hydrogens is 377 g/mol. The van der Waals surface area contributed by atoms with Crippen LogP contribution < -0.4 is 0 Å². The number of halogens is 1. The largest absolute Gasteiger partial charge is 0.331 e. The Kier molecular flexibility index (Phi) is 5.89. The Morgan fingerprint density at radius 1 is 1.00 bits per heavy atom. The van der Waals surface area contributed by atoms with Crippen LogP contribution in [0.2, 0.25) is 0 Å². The number of unbranched alkanes of at least 4 members (excludes halogenated alkanes) is 1. The lowest BCUT2D eigenvalue weighted by Crippen LogP contribution is -2.32. The number of fused-ring (bicyclic) bond motifs is 1. The Balaban J connectivity index is 1.75. The number of hydrogen-bond acceptors (Lipinski definition) is 2. The molecule has 0 saturated carbocycles. The molecule has 0 aliphatic heterocycles. The zero-order valence-electron chi connectivity index (χ0n) is 17.0. The number of nitrogens with zero attached hydrogens (tertiary/aromatic N) is 3. The lowest BCUT2D eigenvalue weighted by atomic mass is 10.2. The quantitative estimate of drug-likeness (QED) is 0.404. The highest BCUT2D eigenvalue weighted by Crippen LogP contribution is 2.23. The first kappa shape index (κ1) is 19.8. The predicted octanol–water partition coefficient (Wildman–Crippen LogP) is 5.61. The molecule has 4 nitrogen and oxygen atoms in total. The van der Waals surface area contributed by atoms with Crippen molar-refractivity contribution >= 4 is 16.9 Å². The second-order valence-corrected chi connectivity index (χ2v) is 7.28. The zero-order chi connectivity index (χ0) is 20.9. The summed E-state index contributed by atoms with van der Waals surface area (Å²) in [6.45, 7) is 3.02. The van der Waals surface area contributed by atoms with Crippen LogP contribution in [0.5, 0.6) is 0 Å². The standard InChI is InChI=1S/C25H24FN3O/c1-2-3-16-28(25(30)19-10-9-11-20(26)17-19)18-24-27-22-14-7-8-15-23(22)29(24)21-12-5-4-6-13-21/h4-15,17H,2-3,16,18H2,1H3. The number of hydrogen-bond donors (Lipinski definition) is 0. The van der Waals surface area contributed by atoms with E-state index in [-0.39, 0.29) is 5.91 Å². The van der Waals surface area contributed by atoms with Gasteiger partial charge in [0.25, 0.3) is 5.91 Å². The van der Waals surface area contributed by atoms with Crippen molar-refractivity contribution in [2.45, 2.75) is 26.3 Å². The van der Waals surface area contributed by atoms with E-state index in [9.17, 15) is 9.18 Å². The maximum atomic E-state index is 13.7. The average molecular weight is 401 g/mol. The van der Waals surface area contributed by atoms with Crippen LogP contribution in [0.1, 0.15) is 35.9 Å². The van der Waals surface area contributed by atoms with Gasteiger partial charge in [-0.15, -0.1) is 0 Å². The zero-order valence-corrected chi connectivity index (χ0v) is 17.0. The summed E-state index contributed by atoms with van der Waals surface area (Å²) in [6.07, 6.45) is 1.83. The van der Waals surface area contributed by atoms with Crippen molar-refractivity contribution in [3.8, 4) is 5.69 Å². The Bertz CT molecular complexity index is 1150. The van der Waals surface area contributed by atoms with Gasteiger partial charge < -0.3 is 4.90 Å². The first-order valence-corrected chi connectivity index (χ1v) is 10.2. The summed E-state index contributed by atoms with van der Waals surface area (Å²) in [4.78, 5) is 19.8. The molecule has 0 aliphatic rings. The van der Waals surface area contributed by atoms with E-state index in [1.165, 1.54) is 12.1 Å². The van der Waals surface area contributed by atoms with Gasteiger partial charge in [-0.2, -0.15) is 0 Å². The maximum absolute atomic E-state index is 13.7. The van der Waals surface area contributed by atoms with Gasteiger partial charge in [0.1, 0.15) is 11.6 Å². The summed E-state index contributed by atoms with van der Waals surface area (Å²) in [5, 5.41) is 0. The highest BCUT2D eigenvalue weighted by atomic mass is 19.1. The van der Waals surface area contributed by atoms with Crippen molar-refractivity contribution in [2.75, 3.05) is 6.54 Å². The molecule has 152 valence electrons. The van der Waals surface area contributed by atoms with Gasteiger partial charge in [0, 0.05) is 17.8 Å². The molecule has 0 unspecified atom stereocenters. The molecule has 5 heteroatoms. The van der Waals surface area contributed by atoms with E-state index in [2.05, 4.69) is 11.5 Å². The SMILES string of the molecule is CCCCN(Cc1nc2ccccc2n1-c1ccccc1)C(=O)c1cccc(F)c1. The number of aromatic nitrogens is 2. The molecule has 0 atom stereocenters. The van der Waals surface area contributed by atoms with Crippen molar-refractivity contribution in [3.63, 3.8) is 0 Å². The minimum absolute atomic E-state index is 0.186. The van der Waals surface area contributed by atoms with Gasteiger partial charge in [0.2, 0.25) is 0 Å². The lowest BCUT2D eigenvalue weighted by Gasteiger charge is -2.23. The third kappa shape index (κ3) is 4.10. The summed E-state index contributed by atoms with van der Waals surface area (Å²) in [6, 6.07) is 23.8. The molecule has 1 aromatic heterocycles.